The Bertz CT molecular complexity index is 726. The standard InChI is InChI=1S/C12H12N4O2S/c1-7-9(16-12(14-7)19-8(2)15-16)6-13-11(17)10-4-3-5-18-10/h3-5H,6H2,1-2H3,(H,13,17). The number of aryl methyl sites for hydroxylation is 2. The number of amides is 1. The molecule has 0 bridgehead atoms. The van der Waals surface area contributed by atoms with Crippen LogP contribution in [-0.4, -0.2) is 20.5 Å². The van der Waals surface area contributed by atoms with Crippen molar-refractivity contribution in [3.8, 4) is 0 Å². The second-order valence-electron chi connectivity index (χ2n) is 4.12. The Hall–Kier alpha value is -2.15. The third kappa shape index (κ3) is 2.12. The third-order valence-electron chi connectivity index (χ3n) is 2.76. The maximum atomic E-state index is 11.8. The van der Waals surface area contributed by atoms with Crippen molar-refractivity contribution in [2.45, 2.75) is 20.4 Å². The van der Waals surface area contributed by atoms with E-state index in [-0.39, 0.29) is 5.91 Å². The van der Waals surface area contributed by atoms with E-state index in [2.05, 4.69) is 15.4 Å². The molecule has 7 heteroatoms. The monoisotopic (exact) mass is 276 g/mol. The van der Waals surface area contributed by atoms with Crippen molar-refractivity contribution in [2.75, 3.05) is 0 Å². The fourth-order valence-electron chi connectivity index (χ4n) is 1.85. The molecular weight excluding hydrogens is 264 g/mol. The normalized spacial score (nSPS) is 11.1. The van der Waals surface area contributed by atoms with E-state index in [1.807, 2.05) is 13.8 Å². The molecule has 3 aromatic heterocycles. The Balaban J connectivity index is 1.81. The molecule has 3 aromatic rings. The van der Waals surface area contributed by atoms with Gasteiger partial charge < -0.3 is 9.73 Å². The number of fused-ring (bicyclic) bond motifs is 1. The zero-order valence-electron chi connectivity index (χ0n) is 10.5. The highest BCUT2D eigenvalue weighted by Crippen LogP contribution is 2.17. The van der Waals surface area contributed by atoms with Crippen LogP contribution < -0.4 is 5.32 Å². The number of rotatable bonds is 3. The van der Waals surface area contributed by atoms with Crippen LogP contribution in [0.4, 0.5) is 0 Å². The summed E-state index contributed by atoms with van der Waals surface area (Å²) in [5.41, 5.74) is 1.76. The molecule has 0 fully saturated rings. The molecular formula is C12H12N4O2S. The fraction of sp³-hybridized carbons (Fsp3) is 0.250. The Kier molecular flexibility index (Phi) is 2.83. The van der Waals surface area contributed by atoms with Gasteiger partial charge in [0.05, 0.1) is 24.2 Å². The summed E-state index contributed by atoms with van der Waals surface area (Å²) < 4.78 is 6.81. The van der Waals surface area contributed by atoms with E-state index in [4.69, 9.17) is 4.42 Å². The highest BCUT2D eigenvalue weighted by Gasteiger charge is 2.14. The Morgan fingerprint density at radius 3 is 3.11 bits per heavy atom. The number of furan rings is 1. The highest BCUT2D eigenvalue weighted by molar-refractivity contribution is 7.16. The van der Waals surface area contributed by atoms with Gasteiger partial charge in [-0.3, -0.25) is 4.79 Å². The first-order chi connectivity index (χ1) is 9.15. The molecule has 0 unspecified atom stereocenters. The lowest BCUT2D eigenvalue weighted by Crippen LogP contribution is -2.23. The summed E-state index contributed by atoms with van der Waals surface area (Å²) in [6.07, 6.45) is 1.47. The van der Waals surface area contributed by atoms with Crippen molar-refractivity contribution in [2.24, 2.45) is 0 Å². The predicted molar refractivity (Wildman–Crippen MR) is 70.2 cm³/mol. The average Bonchev–Trinajstić information content (AvgIpc) is 3.03. The first-order valence-electron chi connectivity index (χ1n) is 5.78. The van der Waals surface area contributed by atoms with E-state index in [0.29, 0.717) is 12.3 Å². The van der Waals surface area contributed by atoms with E-state index in [9.17, 15) is 4.79 Å². The number of imidazole rings is 1. The van der Waals surface area contributed by atoms with E-state index in [1.165, 1.54) is 17.6 Å². The molecule has 1 N–H and O–H groups in total. The van der Waals surface area contributed by atoms with Crippen molar-refractivity contribution in [3.05, 3.63) is 40.6 Å². The van der Waals surface area contributed by atoms with Crippen molar-refractivity contribution < 1.29 is 9.21 Å². The van der Waals surface area contributed by atoms with Crippen LogP contribution in [0.1, 0.15) is 27.0 Å². The minimum Gasteiger partial charge on any atom is -0.459 e. The highest BCUT2D eigenvalue weighted by atomic mass is 32.1. The lowest BCUT2D eigenvalue weighted by atomic mass is 10.3. The molecule has 0 aliphatic carbocycles. The molecule has 0 saturated carbocycles. The van der Waals surface area contributed by atoms with Gasteiger partial charge in [-0.05, 0) is 26.0 Å². The number of hydrogen-bond acceptors (Lipinski definition) is 5. The summed E-state index contributed by atoms with van der Waals surface area (Å²) in [6.45, 7) is 4.21. The van der Waals surface area contributed by atoms with Gasteiger partial charge in [0.25, 0.3) is 5.91 Å². The molecule has 0 aliphatic rings. The number of aromatic nitrogens is 3. The Labute approximate surface area is 113 Å². The third-order valence-corrected chi connectivity index (χ3v) is 3.58. The Morgan fingerprint density at radius 2 is 2.37 bits per heavy atom. The Morgan fingerprint density at radius 1 is 1.53 bits per heavy atom. The van der Waals surface area contributed by atoms with Crippen LogP contribution in [0.3, 0.4) is 0 Å². The second kappa shape index (κ2) is 4.51. The summed E-state index contributed by atoms with van der Waals surface area (Å²) in [4.78, 5) is 17.1. The van der Waals surface area contributed by atoms with Gasteiger partial charge in [-0.25, -0.2) is 9.50 Å². The number of hydrogen-bond donors (Lipinski definition) is 1. The maximum absolute atomic E-state index is 11.8. The zero-order chi connectivity index (χ0) is 13.4. The first-order valence-corrected chi connectivity index (χ1v) is 6.60. The van der Waals surface area contributed by atoms with E-state index in [1.54, 1.807) is 16.6 Å². The summed E-state index contributed by atoms with van der Waals surface area (Å²) in [7, 11) is 0. The van der Waals surface area contributed by atoms with Gasteiger partial charge in [0.2, 0.25) is 4.96 Å². The van der Waals surface area contributed by atoms with E-state index in [0.717, 1.165) is 21.4 Å². The summed E-state index contributed by atoms with van der Waals surface area (Å²) in [5.74, 6) is 0.0548. The summed E-state index contributed by atoms with van der Waals surface area (Å²) in [5, 5.41) is 8.12. The molecule has 3 heterocycles. The molecule has 0 aromatic carbocycles. The molecule has 0 radical (unpaired) electrons. The van der Waals surface area contributed by atoms with Gasteiger partial charge in [0.1, 0.15) is 5.01 Å². The van der Waals surface area contributed by atoms with Gasteiger partial charge in [-0.1, -0.05) is 11.3 Å². The van der Waals surface area contributed by atoms with Crippen LogP contribution in [0.25, 0.3) is 4.96 Å². The van der Waals surface area contributed by atoms with Crippen molar-refractivity contribution in [1.29, 1.82) is 0 Å². The molecule has 19 heavy (non-hydrogen) atoms. The first kappa shape index (κ1) is 11.9. The number of carbonyl (C=O) groups is 1. The van der Waals surface area contributed by atoms with Crippen LogP contribution in [0.2, 0.25) is 0 Å². The number of carbonyl (C=O) groups excluding carboxylic acids is 1. The zero-order valence-corrected chi connectivity index (χ0v) is 11.3. The predicted octanol–water partition coefficient (Wildman–Crippen LogP) is 1.93. The van der Waals surface area contributed by atoms with E-state index < -0.39 is 0 Å². The lowest BCUT2D eigenvalue weighted by molar-refractivity contribution is 0.0922. The molecule has 6 nitrogen and oxygen atoms in total. The number of nitrogens with zero attached hydrogens (tertiary/aromatic N) is 3. The topological polar surface area (TPSA) is 72.4 Å². The minimum atomic E-state index is -0.244. The van der Waals surface area contributed by atoms with Crippen LogP contribution in [0, 0.1) is 13.8 Å². The van der Waals surface area contributed by atoms with Crippen LogP contribution in [0.5, 0.6) is 0 Å². The maximum Gasteiger partial charge on any atom is 0.287 e. The smallest absolute Gasteiger partial charge is 0.287 e. The number of nitrogens with one attached hydrogen (secondary N) is 1. The largest absolute Gasteiger partial charge is 0.459 e. The second-order valence-corrected chi connectivity index (χ2v) is 5.28. The van der Waals surface area contributed by atoms with Crippen molar-refractivity contribution >= 4 is 22.2 Å². The average molecular weight is 276 g/mol. The SMILES string of the molecule is Cc1nn2c(CNC(=O)c3ccco3)c(C)nc2s1. The van der Waals surface area contributed by atoms with E-state index >= 15 is 0 Å². The van der Waals surface area contributed by atoms with Gasteiger partial charge in [0, 0.05) is 0 Å². The summed E-state index contributed by atoms with van der Waals surface area (Å²) >= 11 is 1.53. The molecule has 0 spiro atoms. The lowest BCUT2D eigenvalue weighted by Gasteiger charge is -2.02. The molecule has 0 aliphatic heterocycles. The van der Waals surface area contributed by atoms with Gasteiger partial charge in [-0.2, -0.15) is 5.10 Å². The minimum absolute atomic E-state index is 0.244. The fourth-order valence-corrected chi connectivity index (χ4v) is 2.66. The van der Waals surface area contributed by atoms with Gasteiger partial charge in [0.15, 0.2) is 5.76 Å². The molecule has 1 amide bonds. The van der Waals surface area contributed by atoms with Gasteiger partial charge in [-0.15, -0.1) is 0 Å². The van der Waals surface area contributed by atoms with Crippen LogP contribution in [-0.2, 0) is 6.54 Å². The molecule has 98 valence electrons. The van der Waals surface area contributed by atoms with Crippen LogP contribution in [0.15, 0.2) is 22.8 Å². The molecule has 0 atom stereocenters. The summed E-state index contributed by atoms with van der Waals surface area (Å²) in [6, 6.07) is 3.31. The van der Waals surface area contributed by atoms with Crippen molar-refractivity contribution in [3.63, 3.8) is 0 Å². The van der Waals surface area contributed by atoms with Gasteiger partial charge >= 0.3 is 0 Å². The van der Waals surface area contributed by atoms with Crippen LogP contribution >= 0.6 is 11.3 Å². The molecule has 0 saturated heterocycles. The molecule has 3 rings (SSSR count). The quantitative estimate of drug-likeness (QED) is 0.793. The van der Waals surface area contributed by atoms with Crippen molar-refractivity contribution in [1.82, 2.24) is 19.9 Å².